The molecule has 0 bridgehead atoms. The van der Waals surface area contributed by atoms with Crippen molar-refractivity contribution in [2.45, 2.75) is 19.8 Å². The van der Waals surface area contributed by atoms with Gasteiger partial charge in [0, 0.05) is 0 Å². The fourth-order valence-electron chi connectivity index (χ4n) is 0.134. The summed E-state index contributed by atoms with van der Waals surface area (Å²) in [5.74, 6) is 0. The lowest BCUT2D eigenvalue weighted by atomic mass is 10.4. The summed E-state index contributed by atoms with van der Waals surface area (Å²) in [6.07, 6.45) is 1.69. The molecule has 0 aliphatic heterocycles. The predicted molar refractivity (Wildman–Crippen MR) is 36.0 cm³/mol. The van der Waals surface area contributed by atoms with Gasteiger partial charge in [-0.2, -0.15) is 4.94 Å². The van der Waals surface area contributed by atoms with E-state index in [0.717, 1.165) is 20.0 Å². The van der Waals surface area contributed by atoms with Gasteiger partial charge in [-0.3, -0.25) is 8.78 Å². The molecule has 0 fully saturated rings. The van der Waals surface area contributed by atoms with Gasteiger partial charge in [0.25, 0.3) is 0 Å². The van der Waals surface area contributed by atoms with Crippen LogP contribution in [0.2, 0.25) is 0 Å². The molecule has 0 aliphatic rings. The zero-order valence-corrected chi connectivity index (χ0v) is 6.66. The van der Waals surface area contributed by atoms with Crippen molar-refractivity contribution in [3.63, 3.8) is 0 Å². The van der Waals surface area contributed by atoms with Crippen LogP contribution in [0.15, 0.2) is 0 Å². The molecule has 0 N–H and O–H groups in total. The molecule has 0 saturated heterocycles. The van der Waals surface area contributed by atoms with Gasteiger partial charge in [-0.15, -0.1) is 0 Å². The summed E-state index contributed by atoms with van der Waals surface area (Å²) in [6.45, 7) is 1.82. The Hall–Kier alpha value is -0.250. The van der Waals surface area contributed by atoms with Crippen molar-refractivity contribution < 1.29 is 18.2 Å². The number of alkyl halides is 2. The lowest BCUT2D eigenvalue weighted by Crippen LogP contribution is -1.67. The minimum absolute atomic E-state index is 0.156. The first-order chi connectivity index (χ1) is 4.83. The Morgan fingerprint density at radius 2 is 1.60 bits per heavy atom. The van der Waals surface area contributed by atoms with Crippen molar-refractivity contribution >= 4 is 0 Å². The van der Waals surface area contributed by atoms with Gasteiger partial charge in [0.05, 0.1) is 21.0 Å². The molecule has 0 aromatic carbocycles. The summed E-state index contributed by atoms with van der Waals surface area (Å²) in [7, 11) is 1.46. The molecule has 0 heterocycles. The van der Waals surface area contributed by atoms with Crippen molar-refractivity contribution in [3.8, 4) is 0 Å². The van der Waals surface area contributed by atoms with Gasteiger partial charge in [-0.05, 0) is 10.9 Å². The predicted octanol–water partition coefficient (Wildman–Crippen LogP) is 2.86. The van der Waals surface area contributed by atoms with Crippen molar-refractivity contribution in [2.75, 3.05) is 21.0 Å². The molecular formula is C6H15F3O. The normalized spacial score (nSPS) is 6.60. The Kier molecular flexibility index (Phi) is 61.2. The lowest BCUT2D eigenvalue weighted by molar-refractivity contribution is -0.0960. The van der Waals surface area contributed by atoms with Crippen LogP contribution in [-0.4, -0.2) is 21.0 Å². The van der Waals surface area contributed by atoms with Crippen LogP contribution in [0.1, 0.15) is 19.8 Å². The summed E-state index contributed by atoms with van der Waals surface area (Å²) in [6, 6.07) is 0. The first-order valence-corrected chi connectivity index (χ1v) is 2.91. The van der Waals surface area contributed by atoms with Crippen LogP contribution in [-0.2, 0) is 4.94 Å². The lowest BCUT2D eigenvalue weighted by Gasteiger charge is -1.76. The van der Waals surface area contributed by atoms with E-state index in [4.69, 9.17) is 0 Å². The third kappa shape index (κ3) is 115. The molecule has 0 aliphatic carbocycles. The first kappa shape index (κ1) is 16.4. The maximum absolute atomic E-state index is 11.0. The quantitative estimate of drug-likeness (QED) is 0.603. The maximum Gasteiger partial charge on any atom is 0.0894 e. The minimum Gasteiger partial charge on any atom is -0.255 e. The Morgan fingerprint density at radius 1 is 1.30 bits per heavy atom. The van der Waals surface area contributed by atoms with E-state index in [2.05, 4.69) is 4.94 Å². The number of unbranched alkanes of at least 4 members (excludes halogenated alkanes) is 1. The van der Waals surface area contributed by atoms with E-state index in [-0.39, 0.29) is 6.67 Å². The molecule has 0 rings (SSSR count). The van der Waals surface area contributed by atoms with Crippen molar-refractivity contribution in [2.24, 2.45) is 0 Å². The van der Waals surface area contributed by atoms with Crippen LogP contribution in [0.25, 0.3) is 0 Å². The fraction of sp³-hybridized carbons (Fsp3) is 1.00. The zero-order valence-electron chi connectivity index (χ0n) is 6.66. The zero-order chi connectivity index (χ0) is 8.83. The molecule has 0 atom stereocenters. The van der Waals surface area contributed by atoms with Gasteiger partial charge in [-0.25, -0.2) is 0 Å². The summed E-state index contributed by atoms with van der Waals surface area (Å²) < 4.78 is 30.3. The van der Waals surface area contributed by atoms with Crippen LogP contribution in [0.4, 0.5) is 13.3 Å². The molecule has 0 saturated carbocycles. The highest BCUT2D eigenvalue weighted by molar-refractivity contribution is 4.23. The molecule has 0 radical (unpaired) electrons. The topological polar surface area (TPSA) is 9.23 Å². The number of hydrogen-bond acceptors (Lipinski definition) is 1. The third-order valence-electron chi connectivity index (χ3n) is 0.487. The van der Waals surface area contributed by atoms with Crippen LogP contribution < -0.4 is 0 Å². The fourth-order valence-corrected chi connectivity index (χ4v) is 0.134. The standard InChI is InChI=1S/C4H9F.CH3FO.CH3F/c1-2-3-4-5;1-3-2;1-2/h2-4H2,1H3;1H3;1H3. The van der Waals surface area contributed by atoms with E-state index in [1.165, 1.54) is 0 Å². The average molecular weight is 160 g/mol. The summed E-state index contributed by atoms with van der Waals surface area (Å²) >= 11 is 0. The van der Waals surface area contributed by atoms with Gasteiger partial charge < -0.3 is 0 Å². The van der Waals surface area contributed by atoms with E-state index in [9.17, 15) is 13.3 Å². The molecule has 0 aromatic rings. The largest absolute Gasteiger partial charge is 0.255 e. The first-order valence-electron chi connectivity index (χ1n) is 2.91. The SMILES string of the molecule is CCCCF.CF.COF. The van der Waals surface area contributed by atoms with Crippen molar-refractivity contribution in [1.29, 1.82) is 0 Å². The van der Waals surface area contributed by atoms with Crippen LogP contribution in [0, 0.1) is 0 Å². The third-order valence-corrected chi connectivity index (χ3v) is 0.487. The molecule has 0 amide bonds. The molecule has 66 valence electrons. The van der Waals surface area contributed by atoms with E-state index < -0.39 is 0 Å². The molecule has 4 heteroatoms. The minimum atomic E-state index is -0.156. The molecule has 0 unspecified atom stereocenters. The van der Waals surface area contributed by atoms with Crippen LogP contribution in [0.3, 0.4) is 0 Å². The molecule has 1 nitrogen and oxygen atoms in total. The molecule has 10 heavy (non-hydrogen) atoms. The average Bonchev–Trinajstić information content (AvgIpc) is 1.96. The van der Waals surface area contributed by atoms with E-state index >= 15 is 0 Å². The molecule has 0 spiro atoms. The Morgan fingerprint density at radius 3 is 1.60 bits per heavy atom. The van der Waals surface area contributed by atoms with Gasteiger partial charge in [0.2, 0.25) is 0 Å². The summed E-state index contributed by atoms with van der Waals surface area (Å²) in [4.78, 5) is 2.75. The molecule has 0 aromatic heterocycles. The second-order valence-electron chi connectivity index (χ2n) is 1.20. The van der Waals surface area contributed by atoms with E-state index in [1.54, 1.807) is 0 Å². The summed E-state index contributed by atoms with van der Waals surface area (Å²) in [5.41, 5.74) is 0. The van der Waals surface area contributed by atoms with Gasteiger partial charge in [0.1, 0.15) is 0 Å². The Bertz CT molecular complexity index is 27.0. The second-order valence-corrected chi connectivity index (χ2v) is 1.20. The van der Waals surface area contributed by atoms with Crippen molar-refractivity contribution in [1.82, 2.24) is 0 Å². The van der Waals surface area contributed by atoms with Gasteiger partial charge in [-0.1, -0.05) is 13.3 Å². The van der Waals surface area contributed by atoms with E-state index in [0.29, 0.717) is 7.18 Å². The van der Waals surface area contributed by atoms with Gasteiger partial charge in [0.15, 0.2) is 0 Å². The van der Waals surface area contributed by atoms with Crippen molar-refractivity contribution in [3.05, 3.63) is 0 Å². The van der Waals surface area contributed by atoms with E-state index in [1.807, 2.05) is 6.92 Å². The number of hydrogen-bond donors (Lipinski definition) is 0. The number of rotatable bonds is 2. The van der Waals surface area contributed by atoms with Gasteiger partial charge >= 0.3 is 0 Å². The monoisotopic (exact) mass is 160 g/mol. The highest BCUT2D eigenvalue weighted by Gasteiger charge is 1.71. The highest BCUT2D eigenvalue weighted by atomic mass is 19.3. The Balaban J connectivity index is -0.0000000847. The molecular weight excluding hydrogens is 145 g/mol. The number of halogens is 3. The second kappa shape index (κ2) is 37.4. The highest BCUT2D eigenvalue weighted by Crippen LogP contribution is 1.83. The Labute approximate surface area is 60.1 Å². The maximum atomic E-state index is 11.0. The summed E-state index contributed by atoms with van der Waals surface area (Å²) in [5, 5.41) is 0. The van der Waals surface area contributed by atoms with Crippen LogP contribution in [0.5, 0.6) is 0 Å². The smallest absolute Gasteiger partial charge is 0.0894 e. The van der Waals surface area contributed by atoms with Crippen LogP contribution >= 0.6 is 0 Å².